The molecule has 0 aliphatic heterocycles. The van der Waals surface area contributed by atoms with Gasteiger partial charge in [-0.2, -0.15) is 0 Å². The predicted molar refractivity (Wildman–Crippen MR) is 171 cm³/mol. The van der Waals surface area contributed by atoms with E-state index < -0.39 is 11.9 Å². The molecule has 0 aliphatic rings. The number of ether oxygens (including phenoxy) is 1. The van der Waals surface area contributed by atoms with E-state index in [1.165, 1.54) is 23.1 Å². The van der Waals surface area contributed by atoms with Crippen LogP contribution in [-0.4, -0.2) is 69.0 Å². The van der Waals surface area contributed by atoms with Gasteiger partial charge in [0, 0.05) is 26.7 Å². The van der Waals surface area contributed by atoms with Crippen molar-refractivity contribution in [1.29, 1.82) is 0 Å². The van der Waals surface area contributed by atoms with Gasteiger partial charge in [-0.1, -0.05) is 64.0 Å². The van der Waals surface area contributed by atoms with Crippen LogP contribution in [-0.2, 0) is 19.1 Å². The van der Waals surface area contributed by atoms with Crippen LogP contribution < -0.4 is 16.0 Å². The summed E-state index contributed by atoms with van der Waals surface area (Å²) in [6, 6.07) is 6.00. The van der Waals surface area contributed by atoms with Crippen molar-refractivity contribution in [3.63, 3.8) is 0 Å². The maximum Gasteiger partial charge on any atom is 0.240 e. The smallest absolute Gasteiger partial charge is 0.240 e. The summed E-state index contributed by atoms with van der Waals surface area (Å²) in [6.07, 6.45) is 6.23. The van der Waals surface area contributed by atoms with E-state index in [4.69, 9.17) is 4.74 Å². The first-order chi connectivity index (χ1) is 20.4. The molecule has 10 heteroatoms. The Labute approximate surface area is 258 Å². The van der Waals surface area contributed by atoms with E-state index in [1.54, 1.807) is 25.3 Å². The van der Waals surface area contributed by atoms with Gasteiger partial charge in [-0.25, -0.2) is 8.78 Å². The molecule has 0 aromatic heterocycles. The van der Waals surface area contributed by atoms with Crippen LogP contribution >= 0.6 is 0 Å². The van der Waals surface area contributed by atoms with Crippen LogP contribution in [0.15, 0.2) is 60.2 Å². The third kappa shape index (κ3) is 21.8. The van der Waals surface area contributed by atoms with Crippen molar-refractivity contribution in [2.75, 3.05) is 39.8 Å². The largest absolute Gasteiger partial charge is 0.497 e. The highest BCUT2D eigenvalue weighted by Crippen LogP contribution is 2.15. The molecule has 43 heavy (non-hydrogen) atoms. The fraction of sp³-hybridized carbons (Fsp3) is 0.545. The lowest BCUT2D eigenvalue weighted by molar-refractivity contribution is -0.137. The molecule has 3 amide bonds. The summed E-state index contributed by atoms with van der Waals surface area (Å²) < 4.78 is 30.8. The lowest BCUT2D eigenvalue weighted by Gasteiger charge is -2.28. The second-order valence-corrected chi connectivity index (χ2v) is 9.90. The highest BCUT2D eigenvalue weighted by molar-refractivity contribution is 5.87. The van der Waals surface area contributed by atoms with Crippen LogP contribution in [0.3, 0.4) is 0 Å². The van der Waals surface area contributed by atoms with E-state index in [0.29, 0.717) is 26.1 Å². The van der Waals surface area contributed by atoms with Crippen molar-refractivity contribution in [3.05, 3.63) is 71.5 Å². The Hall–Kier alpha value is -3.53. The molecular weight excluding hydrogens is 554 g/mol. The van der Waals surface area contributed by atoms with Crippen LogP contribution in [0.2, 0.25) is 0 Å². The number of halogens is 2. The van der Waals surface area contributed by atoms with E-state index in [-0.39, 0.29) is 30.1 Å². The zero-order valence-electron chi connectivity index (χ0n) is 27.4. The normalized spacial score (nSPS) is 12.3. The number of nitrogens with one attached hydrogen (secondary N) is 3. The van der Waals surface area contributed by atoms with Gasteiger partial charge in [0.1, 0.15) is 18.3 Å². The molecule has 2 atom stereocenters. The number of hydrogen-bond donors (Lipinski definition) is 3. The van der Waals surface area contributed by atoms with Gasteiger partial charge in [-0.15, -0.1) is 0 Å². The third-order valence-corrected chi connectivity index (χ3v) is 6.13. The van der Waals surface area contributed by atoms with Gasteiger partial charge in [0.25, 0.3) is 0 Å². The molecule has 0 bridgehead atoms. The number of carbonyl (C=O) groups is 3. The molecule has 1 rings (SSSR count). The number of allylic oxidation sites excluding steroid dienone is 5. The zero-order chi connectivity index (χ0) is 33.2. The molecular formula is C33H54F2N4O4. The van der Waals surface area contributed by atoms with Crippen molar-refractivity contribution in [2.24, 2.45) is 5.92 Å². The number of hydrogen-bond acceptors (Lipinski definition) is 5. The topological polar surface area (TPSA) is 99.8 Å². The average molecular weight is 609 g/mol. The monoisotopic (exact) mass is 608 g/mol. The predicted octanol–water partition coefficient (Wildman–Crippen LogP) is 5.60. The Balaban J connectivity index is 0. The number of benzene rings is 1. The number of carbonyl (C=O) groups excluding carboxylic acids is 3. The highest BCUT2D eigenvalue weighted by Gasteiger charge is 2.27. The standard InChI is InChI=1S/C23H40FN3O3.C7H7F.C3H7NO/c1-8-11-20(13-12-18(5)24)19(6)30-15-14-26-22(17(4)9-2)23(29)27(7)16-21(28)25-10-3;1-6-2-4-7(8)5-3-6;1-2-4-3-5/h12-13,17,22,26H,5,8-11,14-16H2,1-4,6-7H3,(H,25,28);2-5H,1H3;3H,2H2,1H3,(H,4,5)/b13-12-,20-19+;;. The molecule has 8 nitrogen and oxygen atoms in total. The fourth-order valence-corrected chi connectivity index (χ4v) is 3.52. The van der Waals surface area contributed by atoms with Crippen LogP contribution in [0.4, 0.5) is 8.78 Å². The van der Waals surface area contributed by atoms with Gasteiger partial charge >= 0.3 is 0 Å². The number of nitrogens with zero attached hydrogens (tertiary/aromatic N) is 1. The minimum absolute atomic E-state index is 0.0339. The van der Waals surface area contributed by atoms with E-state index >= 15 is 0 Å². The Bertz CT molecular complexity index is 976. The van der Waals surface area contributed by atoms with Crippen molar-refractivity contribution in [2.45, 2.75) is 73.8 Å². The number of amides is 3. The van der Waals surface area contributed by atoms with Gasteiger partial charge in [0.15, 0.2) is 0 Å². The quantitative estimate of drug-likeness (QED) is 0.0926. The van der Waals surface area contributed by atoms with Crippen molar-refractivity contribution in [3.8, 4) is 0 Å². The molecule has 2 unspecified atom stereocenters. The summed E-state index contributed by atoms with van der Waals surface area (Å²) in [5.74, 6) is -0.108. The van der Waals surface area contributed by atoms with Crippen molar-refractivity contribution in [1.82, 2.24) is 20.9 Å². The molecule has 0 spiro atoms. The Kier molecular flexibility index (Phi) is 25.3. The molecule has 0 aliphatic carbocycles. The Morgan fingerprint density at radius 3 is 2.16 bits per heavy atom. The minimum Gasteiger partial charge on any atom is -0.497 e. The summed E-state index contributed by atoms with van der Waals surface area (Å²) in [7, 11) is 1.64. The van der Waals surface area contributed by atoms with Crippen molar-refractivity contribution < 1.29 is 27.9 Å². The van der Waals surface area contributed by atoms with E-state index in [9.17, 15) is 23.2 Å². The van der Waals surface area contributed by atoms with Gasteiger partial charge in [-0.05, 0) is 63.8 Å². The van der Waals surface area contributed by atoms with E-state index in [1.807, 2.05) is 48.5 Å². The molecule has 0 fully saturated rings. The summed E-state index contributed by atoms with van der Waals surface area (Å²) >= 11 is 0. The first-order valence-corrected chi connectivity index (χ1v) is 14.9. The molecule has 3 N–H and O–H groups in total. The third-order valence-electron chi connectivity index (χ3n) is 6.13. The summed E-state index contributed by atoms with van der Waals surface area (Å²) in [5, 5.41) is 8.40. The molecule has 1 aromatic rings. The van der Waals surface area contributed by atoms with Gasteiger partial charge in [0.05, 0.1) is 18.3 Å². The van der Waals surface area contributed by atoms with Crippen LogP contribution in [0.1, 0.15) is 66.4 Å². The van der Waals surface area contributed by atoms with Crippen molar-refractivity contribution >= 4 is 18.2 Å². The number of likely N-dealkylation sites (N-methyl/N-ethyl adjacent to an activating group) is 2. The summed E-state index contributed by atoms with van der Waals surface area (Å²) in [4.78, 5) is 35.4. The molecule has 244 valence electrons. The molecule has 0 saturated heterocycles. The van der Waals surface area contributed by atoms with Gasteiger partial charge < -0.3 is 25.6 Å². The summed E-state index contributed by atoms with van der Waals surface area (Å²) in [6.45, 7) is 19.0. The second-order valence-electron chi connectivity index (χ2n) is 9.90. The lowest BCUT2D eigenvalue weighted by Crippen LogP contribution is -2.51. The Morgan fingerprint density at radius 2 is 1.72 bits per heavy atom. The summed E-state index contributed by atoms with van der Waals surface area (Å²) in [5.41, 5.74) is 2.01. The first-order valence-electron chi connectivity index (χ1n) is 14.9. The second kappa shape index (κ2) is 26.1. The maximum atomic E-state index is 12.9. The maximum absolute atomic E-state index is 12.9. The number of rotatable bonds is 17. The first kappa shape index (κ1) is 41.6. The fourth-order valence-electron chi connectivity index (χ4n) is 3.52. The van der Waals surface area contributed by atoms with Gasteiger partial charge in [0.2, 0.25) is 18.2 Å². The minimum atomic E-state index is -0.496. The molecule has 0 radical (unpaired) electrons. The zero-order valence-corrected chi connectivity index (χ0v) is 27.4. The Morgan fingerprint density at radius 1 is 1.09 bits per heavy atom. The molecule has 1 aromatic carbocycles. The van der Waals surface area contributed by atoms with Gasteiger partial charge in [-0.3, -0.25) is 14.4 Å². The highest BCUT2D eigenvalue weighted by atomic mass is 19.1. The molecule has 0 saturated carbocycles. The molecule has 0 heterocycles. The van der Waals surface area contributed by atoms with E-state index in [0.717, 1.165) is 42.7 Å². The van der Waals surface area contributed by atoms with Crippen LogP contribution in [0.5, 0.6) is 0 Å². The van der Waals surface area contributed by atoms with Crippen LogP contribution in [0.25, 0.3) is 0 Å². The average Bonchev–Trinajstić information content (AvgIpc) is 2.97. The lowest BCUT2D eigenvalue weighted by atomic mass is 9.98. The number of aryl methyl sites for hydroxylation is 1. The van der Waals surface area contributed by atoms with E-state index in [2.05, 4.69) is 22.5 Å². The van der Waals surface area contributed by atoms with Crippen LogP contribution in [0, 0.1) is 18.7 Å². The SMILES string of the molecule is C=C(F)/C=C\C(CCC)=C(/C)OCCNC(C(=O)N(C)CC(=O)NCC)C(C)CC.CCNC=O.Cc1ccc(F)cc1.